The van der Waals surface area contributed by atoms with Crippen molar-refractivity contribution in [3.05, 3.63) is 45.9 Å². The first-order valence-electron chi connectivity index (χ1n) is 9.94. The Kier molecular flexibility index (Phi) is 8.00. The number of nitrogens with zero attached hydrogens (tertiary/aromatic N) is 3. The Morgan fingerprint density at radius 3 is 2.35 bits per heavy atom. The lowest BCUT2D eigenvalue weighted by Gasteiger charge is -2.25. The lowest BCUT2D eigenvalue weighted by atomic mass is 10.2. The molecule has 1 amide bonds. The summed E-state index contributed by atoms with van der Waals surface area (Å²) in [6.45, 7) is 7.11. The highest BCUT2D eigenvalue weighted by atomic mass is 35.5. The van der Waals surface area contributed by atoms with Crippen LogP contribution in [0.2, 0.25) is 10.0 Å². The van der Waals surface area contributed by atoms with Crippen molar-refractivity contribution in [3.8, 4) is 11.5 Å². The monoisotopic (exact) mass is 481 g/mol. The zero-order valence-electron chi connectivity index (χ0n) is 17.9. The summed E-state index contributed by atoms with van der Waals surface area (Å²) in [6, 6.07) is 8.52. The topological polar surface area (TPSA) is 54.9 Å². The number of rotatable bonds is 9. The summed E-state index contributed by atoms with van der Waals surface area (Å²) in [4.78, 5) is 22.2. The third kappa shape index (κ3) is 5.06. The number of amides is 1. The van der Waals surface area contributed by atoms with Gasteiger partial charge in [0.05, 0.1) is 24.8 Å². The SMILES string of the molecule is CCN(CC)CCN(C(=O)c1cc(Cl)ccc1Cl)c1nc2c(OC)ccc(OC)c2s1. The van der Waals surface area contributed by atoms with Crippen molar-refractivity contribution in [1.82, 2.24) is 9.88 Å². The molecule has 6 nitrogen and oxygen atoms in total. The quantitative estimate of drug-likeness (QED) is 0.397. The minimum absolute atomic E-state index is 0.253. The molecule has 0 saturated carbocycles. The number of fused-ring (bicyclic) bond motifs is 1. The minimum atomic E-state index is -0.253. The number of methoxy groups -OCH3 is 2. The largest absolute Gasteiger partial charge is 0.495 e. The molecule has 9 heteroatoms. The van der Waals surface area contributed by atoms with Gasteiger partial charge in [0.2, 0.25) is 0 Å². The fourth-order valence-corrected chi connectivity index (χ4v) is 4.73. The number of thiazole rings is 1. The van der Waals surface area contributed by atoms with Gasteiger partial charge in [-0.25, -0.2) is 4.98 Å². The first-order chi connectivity index (χ1) is 14.9. The van der Waals surface area contributed by atoms with Gasteiger partial charge in [0.1, 0.15) is 21.7 Å². The zero-order chi connectivity index (χ0) is 22.5. The highest BCUT2D eigenvalue weighted by Gasteiger charge is 2.25. The van der Waals surface area contributed by atoms with Crippen LogP contribution in [0, 0.1) is 0 Å². The van der Waals surface area contributed by atoms with E-state index in [0.29, 0.717) is 50.8 Å². The maximum atomic E-state index is 13.6. The number of hydrogen-bond donors (Lipinski definition) is 0. The van der Waals surface area contributed by atoms with Crippen molar-refractivity contribution < 1.29 is 14.3 Å². The number of aromatic nitrogens is 1. The summed E-state index contributed by atoms with van der Waals surface area (Å²) in [6.07, 6.45) is 0. The molecule has 0 saturated heterocycles. The molecule has 1 heterocycles. The average Bonchev–Trinajstić information content (AvgIpc) is 3.22. The Bertz CT molecular complexity index is 1030. The van der Waals surface area contributed by atoms with Gasteiger partial charge in [-0.1, -0.05) is 48.4 Å². The van der Waals surface area contributed by atoms with Crippen LogP contribution in [0.15, 0.2) is 30.3 Å². The molecule has 0 unspecified atom stereocenters. The summed E-state index contributed by atoms with van der Waals surface area (Å²) < 4.78 is 11.8. The van der Waals surface area contributed by atoms with Crippen molar-refractivity contribution in [3.63, 3.8) is 0 Å². The molecule has 2 aromatic carbocycles. The predicted octanol–water partition coefficient (Wildman–Crippen LogP) is 5.61. The second-order valence-corrected chi connectivity index (χ2v) is 8.57. The van der Waals surface area contributed by atoms with Crippen LogP contribution >= 0.6 is 34.5 Å². The van der Waals surface area contributed by atoms with Gasteiger partial charge in [-0.2, -0.15) is 0 Å². The Morgan fingerprint density at radius 2 is 1.71 bits per heavy atom. The van der Waals surface area contributed by atoms with Crippen LogP contribution in [0.5, 0.6) is 11.5 Å². The molecule has 0 aliphatic rings. The van der Waals surface area contributed by atoms with E-state index in [1.807, 2.05) is 6.07 Å². The van der Waals surface area contributed by atoms with Gasteiger partial charge in [0, 0.05) is 18.1 Å². The number of ether oxygens (including phenoxy) is 2. The maximum Gasteiger partial charge on any atom is 0.261 e. The molecule has 0 spiro atoms. The first-order valence-corrected chi connectivity index (χ1v) is 11.5. The van der Waals surface area contributed by atoms with Gasteiger partial charge >= 0.3 is 0 Å². The molecule has 1 aromatic heterocycles. The molecule has 0 aliphatic heterocycles. The lowest BCUT2D eigenvalue weighted by Crippen LogP contribution is -2.39. The predicted molar refractivity (Wildman–Crippen MR) is 129 cm³/mol. The van der Waals surface area contributed by atoms with Gasteiger partial charge < -0.3 is 14.4 Å². The summed E-state index contributed by atoms with van der Waals surface area (Å²) in [7, 11) is 3.20. The van der Waals surface area contributed by atoms with Crippen LogP contribution in [0.1, 0.15) is 24.2 Å². The molecule has 0 radical (unpaired) electrons. The highest BCUT2D eigenvalue weighted by Crippen LogP contribution is 2.40. The molecule has 166 valence electrons. The standard InChI is InChI=1S/C22H25Cl2N3O3S/c1-5-26(6-2)11-12-27(21(28)15-13-14(23)7-8-16(15)24)22-25-19-17(29-3)9-10-18(30-4)20(19)31-22/h7-10,13H,5-6,11-12H2,1-4H3. The molecule has 0 fully saturated rings. The molecule has 3 aromatic rings. The van der Waals surface area contributed by atoms with Crippen molar-refractivity contribution in [1.29, 1.82) is 0 Å². The second-order valence-electron chi connectivity index (χ2n) is 6.75. The number of hydrogen-bond acceptors (Lipinski definition) is 6. The third-order valence-corrected chi connectivity index (χ3v) is 6.73. The molecular formula is C22H25Cl2N3O3S. The zero-order valence-corrected chi connectivity index (χ0v) is 20.3. The van der Waals surface area contributed by atoms with Crippen LogP contribution < -0.4 is 14.4 Å². The van der Waals surface area contributed by atoms with Crippen LogP contribution in [0.3, 0.4) is 0 Å². The van der Waals surface area contributed by atoms with Gasteiger partial charge in [-0.3, -0.25) is 9.69 Å². The van der Waals surface area contributed by atoms with E-state index in [-0.39, 0.29) is 5.91 Å². The number of benzene rings is 2. The van der Waals surface area contributed by atoms with Crippen molar-refractivity contribution in [2.75, 3.05) is 45.3 Å². The Balaban J connectivity index is 2.09. The summed E-state index contributed by atoms with van der Waals surface area (Å²) in [5, 5.41) is 1.34. The summed E-state index contributed by atoms with van der Waals surface area (Å²) in [5.74, 6) is 1.04. The van der Waals surface area contributed by atoms with Gasteiger partial charge in [0.25, 0.3) is 5.91 Å². The highest BCUT2D eigenvalue weighted by molar-refractivity contribution is 7.22. The van der Waals surface area contributed by atoms with E-state index in [2.05, 4.69) is 18.7 Å². The van der Waals surface area contributed by atoms with Crippen molar-refractivity contribution in [2.24, 2.45) is 0 Å². The van der Waals surface area contributed by atoms with E-state index in [4.69, 9.17) is 37.7 Å². The number of halogens is 2. The fraction of sp³-hybridized carbons (Fsp3) is 0.364. The first kappa shape index (κ1) is 23.6. The smallest absolute Gasteiger partial charge is 0.261 e. The van der Waals surface area contributed by atoms with Crippen LogP contribution in [-0.2, 0) is 0 Å². The maximum absolute atomic E-state index is 13.6. The second kappa shape index (κ2) is 10.5. The minimum Gasteiger partial charge on any atom is -0.495 e. The van der Waals surface area contributed by atoms with Gasteiger partial charge in [-0.05, 0) is 43.4 Å². The number of carbonyl (C=O) groups is 1. The number of likely N-dealkylation sites (N-methyl/N-ethyl adjacent to an activating group) is 1. The molecule has 3 rings (SSSR count). The van der Waals surface area contributed by atoms with Crippen LogP contribution in [-0.4, -0.2) is 56.2 Å². The molecular weight excluding hydrogens is 457 g/mol. The van der Waals surface area contributed by atoms with E-state index in [1.54, 1.807) is 43.4 Å². The molecule has 0 bridgehead atoms. The molecule has 0 atom stereocenters. The van der Waals surface area contributed by atoms with E-state index in [9.17, 15) is 4.79 Å². The van der Waals surface area contributed by atoms with E-state index >= 15 is 0 Å². The molecule has 31 heavy (non-hydrogen) atoms. The van der Waals surface area contributed by atoms with Crippen molar-refractivity contribution >= 4 is 55.8 Å². The molecule has 0 N–H and O–H groups in total. The average molecular weight is 482 g/mol. The van der Waals surface area contributed by atoms with Crippen LogP contribution in [0.25, 0.3) is 10.2 Å². The van der Waals surface area contributed by atoms with Gasteiger partial charge in [-0.15, -0.1) is 0 Å². The Hall–Kier alpha value is -2.06. The van der Waals surface area contributed by atoms with E-state index < -0.39 is 0 Å². The number of carbonyl (C=O) groups excluding carboxylic acids is 1. The summed E-state index contributed by atoms with van der Waals surface area (Å²) >= 11 is 13.9. The number of anilines is 1. The van der Waals surface area contributed by atoms with Crippen molar-refractivity contribution in [2.45, 2.75) is 13.8 Å². The Morgan fingerprint density at radius 1 is 1.03 bits per heavy atom. The Labute approximate surface area is 196 Å². The summed E-state index contributed by atoms with van der Waals surface area (Å²) in [5.41, 5.74) is 0.992. The van der Waals surface area contributed by atoms with Gasteiger partial charge in [0.15, 0.2) is 5.13 Å². The fourth-order valence-electron chi connectivity index (χ4n) is 3.26. The lowest BCUT2D eigenvalue weighted by molar-refractivity contribution is 0.0984. The third-order valence-electron chi connectivity index (χ3n) is 5.07. The van der Waals surface area contributed by atoms with Crippen LogP contribution in [0.4, 0.5) is 5.13 Å². The normalized spacial score (nSPS) is 11.2. The van der Waals surface area contributed by atoms with E-state index in [0.717, 1.165) is 17.8 Å². The van der Waals surface area contributed by atoms with E-state index in [1.165, 1.54) is 11.3 Å². The molecule has 0 aliphatic carbocycles.